The summed E-state index contributed by atoms with van der Waals surface area (Å²) in [6.07, 6.45) is -4.58. The van der Waals surface area contributed by atoms with E-state index in [1.165, 1.54) is 0 Å². The maximum atomic E-state index is 13.1. The minimum atomic E-state index is -5.31. The minimum absolute atomic E-state index is 0.365. The van der Waals surface area contributed by atoms with Crippen molar-refractivity contribution in [2.24, 2.45) is 0 Å². The van der Waals surface area contributed by atoms with Crippen molar-refractivity contribution in [2.45, 2.75) is 50.2 Å². The average Bonchev–Trinajstić information content (AvgIpc) is 3.14. The number of carbonyl (C=O) groups is 2. The molecule has 182 valence electrons. The lowest BCUT2D eigenvalue weighted by Gasteiger charge is -2.42. The number of carbonyl (C=O) groups excluding carboxylic acids is 1. The summed E-state index contributed by atoms with van der Waals surface area (Å²) in [4.78, 5) is 25.9. The van der Waals surface area contributed by atoms with Gasteiger partial charge < -0.3 is 14.6 Å². The first-order chi connectivity index (χ1) is 16.0. The molecule has 1 fully saturated rings. The maximum absolute atomic E-state index is 13.1. The molecule has 1 saturated heterocycles. The number of aliphatic carboxylic acids is 1. The fourth-order valence-corrected chi connectivity index (χ4v) is 4.89. The van der Waals surface area contributed by atoms with Gasteiger partial charge in [0.15, 0.2) is 0 Å². The zero-order valence-electron chi connectivity index (χ0n) is 18.7. The van der Waals surface area contributed by atoms with Crippen molar-refractivity contribution in [2.75, 3.05) is 19.6 Å². The van der Waals surface area contributed by atoms with Gasteiger partial charge in [0, 0.05) is 26.1 Å². The van der Waals surface area contributed by atoms with E-state index in [1.54, 1.807) is 36.1 Å². The molecule has 0 aromatic heterocycles. The number of carboxylic acids is 1. The molecular weight excluding hydrogens is 451 g/mol. The van der Waals surface area contributed by atoms with Crippen molar-refractivity contribution in [3.63, 3.8) is 0 Å². The summed E-state index contributed by atoms with van der Waals surface area (Å²) in [7, 11) is 0. The maximum Gasteiger partial charge on any atom is 0.490 e. The lowest BCUT2D eigenvalue weighted by atomic mass is 9.83. The van der Waals surface area contributed by atoms with Crippen LogP contribution in [0.25, 0.3) is 0 Å². The van der Waals surface area contributed by atoms with E-state index in [4.69, 9.17) is 9.47 Å². The van der Waals surface area contributed by atoms with E-state index in [9.17, 15) is 27.9 Å². The van der Waals surface area contributed by atoms with Crippen molar-refractivity contribution in [1.29, 1.82) is 0 Å². The van der Waals surface area contributed by atoms with E-state index in [-0.39, 0.29) is 13.0 Å². The number of hydrogen-bond acceptors (Lipinski definition) is 5. The molecule has 1 spiro atoms. The van der Waals surface area contributed by atoms with Crippen LogP contribution in [0.3, 0.4) is 0 Å². The van der Waals surface area contributed by atoms with Gasteiger partial charge in [0.2, 0.25) is 5.60 Å². The number of piperidine rings is 1. The lowest BCUT2D eigenvalue weighted by molar-refractivity contribution is -0.220. The van der Waals surface area contributed by atoms with Gasteiger partial charge >= 0.3 is 18.1 Å². The molecule has 2 aliphatic rings. The molecule has 2 aromatic carbocycles. The second-order valence-corrected chi connectivity index (χ2v) is 9.01. The van der Waals surface area contributed by atoms with Crippen molar-refractivity contribution in [1.82, 2.24) is 4.90 Å². The van der Waals surface area contributed by atoms with E-state index in [2.05, 4.69) is 0 Å². The number of halogens is 3. The first-order valence-electron chi connectivity index (χ1n) is 11.1. The lowest BCUT2D eigenvalue weighted by Crippen LogP contribution is -2.57. The third-order valence-electron chi connectivity index (χ3n) is 6.80. The van der Waals surface area contributed by atoms with Crippen LogP contribution in [0.4, 0.5) is 13.2 Å². The molecule has 9 heteroatoms. The first-order valence-corrected chi connectivity index (χ1v) is 11.1. The Balaban J connectivity index is 1.58. The fourth-order valence-electron chi connectivity index (χ4n) is 4.89. The second kappa shape index (κ2) is 9.03. The number of hydrogen-bond donors (Lipinski definition) is 1. The van der Waals surface area contributed by atoms with Crippen molar-refractivity contribution in [3.8, 4) is 0 Å². The molecule has 6 nitrogen and oxygen atoms in total. The summed E-state index contributed by atoms with van der Waals surface area (Å²) in [5, 5.41) is 10.1. The molecule has 0 saturated carbocycles. The molecule has 0 radical (unpaired) electrons. The molecule has 1 atom stereocenters. The van der Waals surface area contributed by atoms with Crippen LogP contribution >= 0.6 is 0 Å². The van der Waals surface area contributed by atoms with Crippen LogP contribution in [0.2, 0.25) is 0 Å². The van der Waals surface area contributed by atoms with Gasteiger partial charge in [0.1, 0.15) is 0 Å². The van der Waals surface area contributed by atoms with Gasteiger partial charge in [-0.25, -0.2) is 9.59 Å². The largest absolute Gasteiger partial charge is 0.490 e. The highest BCUT2D eigenvalue weighted by Gasteiger charge is 2.52. The molecule has 4 rings (SSSR count). The van der Waals surface area contributed by atoms with Crippen LogP contribution < -0.4 is 0 Å². The first kappa shape index (κ1) is 24.2. The van der Waals surface area contributed by atoms with Crippen LogP contribution in [0.15, 0.2) is 48.5 Å². The van der Waals surface area contributed by atoms with Gasteiger partial charge in [-0.15, -0.1) is 0 Å². The van der Waals surface area contributed by atoms with E-state index >= 15 is 0 Å². The summed E-state index contributed by atoms with van der Waals surface area (Å²) >= 11 is 0. The molecule has 0 aliphatic carbocycles. The number of aryl methyl sites for hydroxylation is 1. The van der Waals surface area contributed by atoms with Gasteiger partial charge in [-0.3, -0.25) is 4.90 Å². The number of likely N-dealkylation sites (tertiary alicyclic amines) is 1. The van der Waals surface area contributed by atoms with E-state index < -0.39 is 29.3 Å². The van der Waals surface area contributed by atoms with E-state index in [0.717, 1.165) is 11.1 Å². The molecule has 2 aliphatic heterocycles. The molecular formula is C25H26F3NO5. The van der Waals surface area contributed by atoms with Crippen LogP contribution in [0.5, 0.6) is 0 Å². The normalized spacial score (nSPS) is 19.4. The predicted octanol–water partition coefficient (Wildman–Crippen LogP) is 3.99. The summed E-state index contributed by atoms with van der Waals surface area (Å²) in [6.45, 7) is 2.64. The van der Waals surface area contributed by atoms with Gasteiger partial charge in [-0.1, -0.05) is 48.5 Å². The Bertz CT molecular complexity index is 1080. The molecule has 2 aromatic rings. The molecule has 34 heavy (non-hydrogen) atoms. The van der Waals surface area contributed by atoms with Crippen molar-refractivity contribution in [3.05, 3.63) is 70.8 Å². The number of ether oxygens (including phenoxy) is 2. The molecule has 0 bridgehead atoms. The Morgan fingerprint density at radius 1 is 1.09 bits per heavy atom. The molecule has 1 unspecified atom stereocenters. The summed E-state index contributed by atoms with van der Waals surface area (Å²) < 4.78 is 50.1. The highest BCUT2D eigenvalue weighted by Crippen LogP contribution is 2.44. The zero-order valence-corrected chi connectivity index (χ0v) is 18.7. The standard InChI is InChI=1S/C25H26F3NO5/c1-17-6-2-3-7-18(17)14-24(21(30)31,34-22(32)25(26,27)28)16-29-12-10-23(11-13-29)20-9-5-4-8-19(20)15-33-23/h2-9H,10-16H2,1H3,(H,30,31). The number of esters is 1. The highest BCUT2D eigenvalue weighted by molar-refractivity contribution is 5.84. The Kier molecular flexibility index (Phi) is 6.44. The van der Waals surface area contributed by atoms with Crippen molar-refractivity contribution < 1.29 is 37.3 Å². The van der Waals surface area contributed by atoms with E-state index in [0.29, 0.717) is 43.7 Å². The number of benzene rings is 2. The highest BCUT2D eigenvalue weighted by atomic mass is 19.4. The average molecular weight is 477 g/mol. The van der Waals surface area contributed by atoms with Crippen LogP contribution in [0, 0.1) is 6.92 Å². The summed E-state index contributed by atoms with van der Waals surface area (Å²) in [6, 6.07) is 14.7. The Labute approximate surface area is 195 Å². The van der Waals surface area contributed by atoms with Crippen LogP contribution in [-0.2, 0) is 37.7 Å². The third-order valence-corrected chi connectivity index (χ3v) is 6.80. The third kappa shape index (κ3) is 4.67. The number of fused-ring (bicyclic) bond motifs is 2. The predicted molar refractivity (Wildman–Crippen MR) is 116 cm³/mol. The minimum Gasteiger partial charge on any atom is -0.478 e. The van der Waals surface area contributed by atoms with Crippen LogP contribution in [0.1, 0.15) is 35.1 Å². The summed E-state index contributed by atoms with van der Waals surface area (Å²) in [5.41, 5.74) is 0.526. The topological polar surface area (TPSA) is 76.1 Å². The number of carboxylic acid groups (broad SMARTS) is 1. The van der Waals surface area contributed by atoms with Gasteiger partial charge in [-0.2, -0.15) is 13.2 Å². The van der Waals surface area contributed by atoms with Crippen molar-refractivity contribution >= 4 is 11.9 Å². The molecule has 1 N–H and O–H groups in total. The monoisotopic (exact) mass is 477 g/mol. The number of nitrogens with zero attached hydrogens (tertiary/aromatic N) is 1. The molecule has 2 heterocycles. The zero-order chi connectivity index (χ0) is 24.6. The Morgan fingerprint density at radius 3 is 2.38 bits per heavy atom. The number of rotatable bonds is 6. The van der Waals surface area contributed by atoms with Gasteiger partial charge in [-0.05, 0) is 42.0 Å². The van der Waals surface area contributed by atoms with E-state index in [1.807, 2.05) is 24.3 Å². The molecule has 0 amide bonds. The summed E-state index contributed by atoms with van der Waals surface area (Å²) in [5.74, 6) is -4.12. The second-order valence-electron chi connectivity index (χ2n) is 9.01. The smallest absolute Gasteiger partial charge is 0.478 e. The quantitative estimate of drug-likeness (QED) is 0.635. The van der Waals surface area contributed by atoms with Gasteiger partial charge in [0.25, 0.3) is 0 Å². The fraction of sp³-hybridized carbons (Fsp3) is 0.440. The van der Waals surface area contributed by atoms with Crippen LogP contribution in [-0.4, -0.2) is 53.4 Å². The number of alkyl halides is 3. The Morgan fingerprint density at radius 2 is 1.74 bits per heavy atom. The van der Waals surface area contributed by atoms with Gasteiger partial charge in [0.05, 0.1) is 12.2 Å². The SMILES string of the molecule is Cc1ccccc1CC(CN1CCC2(CC1)OCc1ccccc12)(OC(=O)C(F)(F)F)C(=O)O. The Hall–Kier alpha value is -2.91.